The van der Waals surface area contributed by atoms with Crippen LogP contribution < -0.4 is 14.8 Å². The Morgan fingerprint density at radius 2 is 1.59 bits per heavy atom. The molecule has 0 spiro atoms. The Morgan fingerprint density at radius 3 is 2.22 bits per heavy atom. The van der Waals surface area contributed by atoms with Crippen LogP contribution in [0.1, 0.15) is 23.2 Å². The summed E-state index contributed by atoms with van der Waals surface area (Å²) in [5, 5.41) is 2.57. The summed E-state index contributed by atoms with van der Waals surface area (Å²) in [5.74, 6) is -0.223. The second-order valence-electron chi connectivity index (χ2n) is 7.10. The van der Waals surface area contributed by atoms with Crippen molar-refractivity contribution in [3.8, 4) is 0 Å². The van der Waals surface area contributed by atoms with Gasteiger partial charge in [-0.2, -0.15) is 0 Å². The zero-order chi connectivity index (χ0) is 22.8. The van der Waals surface area contributed by atoms with Gasteiger partial charge in [0.2, 0.25) is 10.0 Å². The van der Waals surface area contributed by atoms with E-state index in [2.05, 4.69) is 24.7 Å². The van der Waals surface area contributed by atoms with Crippen LogP contribution in [-0.2, 0) is 20.0 Å². The van der Waals surface area contributed by atoms with Gasteiger partial charge < -0.3 is 5.32 Å². The molecule has 4 rings (SSSR count). The fourth-order valence-corrected chi connectivity index (χ4v) is 5.13. The van der Waals surface area contributed by atoms with Gasteiger partial charge >= 0.3 is 0 Å². The van der Waals surface area contributed by atoms with Crippen LogP contribution in [0.5, 0.6) is 0 Å². The number of carbonyl (C=O) groups is 1. The van der Waals surface area contributed by atoms with E-state index < -0.39 is 26.0 Å². The van der Waals surface area contributed by atoms with E-state index in [1.165, 1.54) is 67.1 Å². The molecule has 3 aromatic rings. The number of benzene rings is 2. The average Bonchev–Trinajstić information content (AvgIpc) is 3.58. The molecule has 0 unspecified atom stereocenters. The molecule has 1 heterocycles. The number of anilines is 2. The van der Waals surface area contributed by atoms with Crippen LogP contribution in [0.4, 0.5) is 11.5 Å². The molecule has 10 nitrogen and oxygen atoms in total. The zero-order valence-corrected chi connectivity index (χ0v) is 18.2. The number of sulfonamides is 2. The highest BCUT2D eigenvalue weighted by atomic mass is 32.2. The lowest BCUT2D eigenvalue weighted by atomic mass is 10.2. The Hall–Kier alpha value is -3.35. The Kier molecular flexibility index (Phi) is 5.91. The van der Waals surface area contributed by atoms with E-state index >= 15 is 0 Å². The van der Waals surface area contributed by atoms with Gasteiger partial charge in [0.05, 0.1) is 16.0 Å². The second kappa shape index (κ2) is 8.65. The molecule has 166 valence electrons. The van der Waals surface area contributed by atoms with Crippen molar-refractivity contribution < 1.29 is 21.6 Å². The van der Waals surface area contributed by atoms with Crippen molar-refractivity contribution in [1.29, 1.82) is 0 Å². The normalized spacial score (nSPS) is 14.0. The topological polar surface area (TPSA) is 147 Å². The molecule has 3 N–H and O–H groups in total. The van der Waals surface area contributed by atoms with Gasteiger partial charge in [-0.25, -0.2) is 26.5 Å². The molecule has 1 aliphatic carbocycles. The second-order valence-corrected chi connectivity index (χ2v) is 10.5. The molecule has 1 amide bonds. The van der Waals surface area contributed by atoms with Crippen LogP contribution in [0, 0.1) is 0 Å². The molecule has 0 aliphatic heterocycles. The minimum Gasteiger partial charge on any atom is -0.305 e. The lowest BCUT2D eigenvalue weighted by Gasteiger charge is -2.11. The van der Waals surface area contributed by atoms with Crippen molar-refractivity contribution in [1.82, 2.24) is 14.7 Å². The highest BCUT2D eigenvalue weighted by Gasteiger charge is 2.28. The summed E-state index contributed by atoms with van der Waals surface area (Å²) in [6.45, 7) is 0. The van der Waals surface area contributed by atoms with Crippen LogP contribution in [0.3, 0.4) is 0 Å². The molecular weight excluding hydrogens is 454 g/mol. The number of hydrogen-bond acceptors (Lipinski definition) is 7. The van der Waals surface area contributed by atoms with Crippen molar-refractivity contribution in [3.63, 3.8) is 0 Å². The molecule has 1 fully saturated rings. The number of hydrogen-bond donors (Lipinski definition) is 3. The predicted octanol–water partition coefficient (Wildman–Crippen LogP) is 1.97. The molecule has 1 saturated carbocycles. The van der Waals surface area contributed by atoms with Crippen LogP contribution in [0.2, 0.25) is 0 Å². The van der Waals surface area contributed by atoms with Gasteiger partial charge in [-0.05, 0) is 55.3 Å². The Bertz CT molecular complexity index is 1340. The van der Waals surface area contributed by atoms with E-state index in [1.54, 1.807) is 0 Å². The largest absolute Gasteiger partial charge is 0.305 e. The van der Waals surface area contributed by atoms with Gasteiger partial charge in [0.1, 0.15) is 0 Å². The Labute approximate surface area is 185 Å². The fraction of sp³-hybridized carbons (Fsp3) is 0.150. The van der Waals surface area contributed by atoms with E-state index in [-0.39, 0.29) is 32.9 Å². The molecular formula is C20H19N5O5S2. The highest BCUT2D eigenvalue weighted by Crippen LogP contribution is 2.23. The molecule has 32 heavy (non-hydrogen) atoms. The summed E-state index contributed by atoms with van der Waals surface area (Å²) in [6, 6.07) is 10.8. The first kappa shape index (κ1) is 21.9. The summed E-state index contributed by atoms with van der Waals surface area (Å²) in [5.41, 5.74) is 0.382. The summed E-state index contributed by atoms with van der Waals surface area (Å²) >= 11 is 0. The lowest BCUT2D eigenvalue weighted by molar-refractivity contribution is 0.102. The van der Waals surface area contributed by atoms with Crippen molar-refractivity contribution in [2.75, 3.05) is 10.0 Å². The smallest absolute Gasteiger partial charge is 0.261 e. The maximum Gasteiger partial charge on any atom is 0.261 e. The fourth-order valence-electron chi connectivity index (χ4n) is 2.78. The number of nitrogens with zero attached hydrogens (tertiary/aromatic N) is 2. The minimum absolute atomic E-state index is 0.00831. The average molecular weight is 474 g/mol. The first-order valence-electron chi connectivity index (χ1n) is 9.56. The molecule has 0 bridgehead atoms. The van der Waals surface area contributed by atoms with E-state index in [0.717, 1.165) is 12.8 Å². The molecule has 2 aromatic carbocycles. The number of aromatic nitrogens is 2. The number of rotatable bonds is 8. The van der Waals surface area contributed by atoms with Crippen molar-refractivity contribution in [3.05, 3.63) is 72.7 Å². The van der Waals surface area contributed by atoms with E-state index in [9.17, 15) is 21.6 Å². The summed E-state index contributed by atoms with van der Waals surface area (Å²) in [7, 11) is -7.69. The quantitative estimate of drug-likeness (QED) is 0.453. The standard InChI is InChI=1S/C20H19N5O5S2/c26-20(23-19-13-21-10-11-22-19)14-2-1-3-16(12-14)25-32(29,30)18-8-6-17(7-9-18)31(27,28)24-15-4-5-15/h1-3,6-13,15,24-25H,4-5H2,(H,22,23,26). The van der Waals surface area contributed by atoms with Gasteiger partial charge in [0, 0.05) is 29.7 Å². The zero-order valence-electron chi connectivity index (χ0n) is 16.6. The van der Waals surface area contributed by atoms with E-state index in [4.69, 9.17) is 0 Å². The first-order valence-corrected chi connectivity index (χ1v) is 12.5. The summed E-state index contributed by atoms with van der Waals surface area (Å²) in [4.78, 5) is 20.1. The van der Waals surface area contributed by atoms with E-state index in [1.807, 2.05) is 0 Å². The molecule has 0 radical (unpaired) electrons. The first-order chi connectivity index (χ1) is 15.2. The number of carbonyl (C=O) groups excluding carboxylic acids is 1. The van der Waals surface area contributed by atoms with Crippen LogP contribution >= 0.6 is 0 Å². The molecule has 0 saturated heterocycles. The maximum absolute atomic E-state index is 12.7. The van der Waals surface area contributed by atoms with Gasteiger partial charge in [0.25, 0.3) is 15.9 Å². The molecule has 1 aromatic heterocycles. The maximum atomic E-state index is 12.7. The summed E-state index contributed by atoms with van der Waals surface area (Å²) < 4.78 is 54.9. The number of nitrogens with one attached hydrogen (secondary N) is 3. The van der Waals surface area contributed by atoms with Gasteiger partial charge in [-0.3, -0.25) is 14.5 Å². The van der Waals surface area contributed by atoms with Crippen molar-refractivity contribution >= 4 is 37.5 Å². The van der Waals surface area contributed by atoms with Crippen LogP contribution in [0.25, 0.3) is 0 Å². The van der Waals surface area contributed by atoms with Crippen molar-refractivity contribution in [2.45, 2.75) is 28.7 Å². The van der Waals surface area contributed by atoms with Crippen molar-refractivity contribution in [2.24, 2.45) is 0 Å². The molecule has 12 heteroatoms. The van der Waals surface area contributed by atoms with Crippen LogP contribution in [0.15, 0.2) is 76.9 Å². The SMILES string of the molecule is O=C(Nc1cnccn1)c1cccc(NS(=O)(=O)c2ccc(S(=O)(=O)NC3CC3)cc2)c1. The summed E-state index contributed by atoms with van der Waals surface area (Å²) in [6.07, 6.45) is 5.88. The predicted molar refractivity (Wildman–Crippen MR) is 117 cm³/mol. The molecule has 0 atom stereocenters. The van der Waals surface area contributed by atoms with Gasteiger partial charge in [0.15, 0.2) is 5.82 Å². The Balaban J connectivity index is 1.48. The number of amides is 1. The Morgan fingerprint density at radius 1 is 0.906 bits per heavy atom. The molecule has 1 aliphatic rings. The van der Waals surface area contributed by atoms with Gasteiger partial charge in [-0.15, -0.1) is 0 Å². The monoisotopic (exact) mass is 473 g/mol. The highest BCUT2D eigenvalue weighted by molar-refractivity contribution is 7.92. The third-order valence-corrected chi connectivity index (χ3v) is 7.46. The van der Waals surface area contributed by atoms with Gasteiger partial charge in [-0.1, -0.05) is 6.07 Å². The lowest BCUT2D eigenvalue weighted by Crippen LogP contribution is -2.25. The van der Waals surface area contributed by atoms with Crippen LogP contribution in [-0.4, -0.2) is 38.8 Å². The van der Waals surface area contributed by atoms with E-state index in [0.29, 0.717) is 0 Å². The third-order valence-electron chi connectivity index (χ3n) is 4.53. The minimum atomic E-state index is -4.01. The third kappa shape index (κ3) is 5.28.